The van der Waals surface area contributed by atoms with Crippen molar-refractivity contribution in [2.75, 3.05) is 0 Å². The first kappa shape index (κ1) is 26.1. The van der Waals surface area contributed by atoms with Crippen LogP contribution in [0.5, 0.6) is 5.75 Å². The molecule has 0 aliphatic heterocycles. The van der Waals surface area contributed by atoms with Crippen LogP contribution in [0.3, 0.4) is 0 Å². The van der Waals surface area contributed by atoms with E-state index < -0.39 is 0 Å². The van der Waals surface area contributed by atoms with Crippen molar-refractivity contribution in [1.82, 2.24) is 0 Å². The minimum atomic E-state index is 0.399. The van der Waals surface area contributed by atoms with E-state index in [-0.39, 0.29) is 0 Å². The number of phenolic OH excluding ortho intramolecular Hbond substituents is 1. The smallest absolute Gasteiger partial charge is 0.115 e. The van der Waals surface area contributed by atoms with Crippen molar-refractivity contribution in [3.05, 3.63) is 29.8 Å². The van der Waals surface area contributed by atoms with Crippen molar-refractivity contribution >= 4 is 0 Å². The van der Waals surface area contributed by atoms with Crippen LogP contribution in [0.25, 0.3) is 0 Å². The number of unbranched alkanes of at least 4 members (excludes halogenated alkanes) is 19. The summed E-state index contributed by atoms with van der Waals surface area (Å²) in [6, 6.07) is 7.72. The molecule has 0 unspecified atom stereocenters. The first-order valence-corrected chi connectivity index (χ1v) is 13.1. The summed E-state index contributed by atoms with van der Waals surface area (Å²) in [5, 5.41) is 9.48. The van der Waals surface area contributed by atoms with E-state index in [0.717, 1.165) is 6.42 Å². The molecule has 0 heterocycles. The summed E-state index contributed by atoms with van der Waals surface area (Å²) in [4.78, 5) is 0. The van der Waals surface area contributed by atoms with E-state index in [2.05, 4.69) is 13.0 Å². The fourth-order valence-electron chi connectivity index (χ4n) is 4.30. The molecule has 0 aromatic heterocycles. The molecule has 0 saturated carbocycles. The van der Waals surface area contributed by atoms with Crippen molar-refractivity contribution in [1.29, 1.82) is 0 Å². The van der Waals surface area contributed by atoms with Crippen LogP contribution in [-0.2, 0) is 6.42 Å². The quantitative estimate of drug-likeness (QED) is 0.203. The highest BCUT2D eigenvalue weighted by atomic mass is 16.3. The summed E-state index contributed by atoms with van der Waals surface area (Å²) in [6.07, 6.45) is 29.7. The third-order valence-electron chi connectivity index (χ3n) is 6.23. The lowest BCUT2D eigenvalue weighted by Crippen LogP contribution is -1.86. The van der Waals surface area contributed by atoms with Gasteiger partial charge >= 0.3 is 0 Å². The van der Waals surface area contributed by atoms with Gasteiger partial charge in [0, 0.05) is 0 Å². The molecular weight excluding hydrogens is 352 g/mol. The van der Waals surface area contributed by atoms with Gasteiger partial charge in [-0.25, -0.2) is 0 Å². The van der Waals surface area contributed by atoms with Crippen molar-refractivity contribution in [3.63, 3.8) is 0 Å². The number of hydrogen-bond donors (Lipinski definition) is 1. The van der Waals surface area contributed by atoms with Gasteiger partial charge in [0.15, 0.2) is 0 Å². The number of benzene rings is 1. The molecule has 0 saturated heterocycles. The minimum absolute atomic E-state index is 0.399. The summed E-state index contributed by atoms with van der Waals surface area (Å²) in [5.74, 6) is 0.399. The highest BCUT2D eigenvalue weighted by Crippen LogP contribution is 2.16. The average Bonchev–Trinajstić information content (AvgIpc) is 2.72. The van der Waals surface area contributed by atoms with Gasteiger partial charge in [0.2, 0.25) is 0 Å². The second kappa shape index (κ2) is 20.3. The first-order chi connectivity index (χ1) is 14.3. The Morgan fingerprint density at radius 3 is 1.28 bits per heavy atom. The van der Waals surface area contributed by atoms with Crippen LogP contribution in [0.15, 0.2) is 24.3 Å². The van der Waals surface area contributed by atoms with Gasteiger partial charge in [-0.1, -0.05) is 141 Å². The van der Waals surface area contributed by atoms with E-state index in [1.54, 1.807) is 6.07 Å². The highest BCUT2D eigenvalue weighted by molar-refractivity contribution is 5.27. The average molecular weight is 403 g/mol. The van der Waals surface area contributed by atoms with Gasteiger partial charge in [0.05, 0.1) is 0 Å². The molecule has 1 N–H and O–H groups in total. The topological polar surface area (TPSA) is 20.2 Å². The third kappa shape index (κ3) is 17.6. The molecule has 1 aromatic carbocycles. The van der Waals surface area contributed by atoms with Crippen molar-refractivity contribution in [2.45, 2.75) is 142 Å². The lowest BCUT2D eigenvalue weighted by atomic mass is 10.0. The van der Waals surface area contributed by atoms with Crippen LogP contribution in [0.1, 0.15) is 141 Å². The van der Waals surface area contributed by atoms with Crippen LogP contribution < -0.4 is 0 Å². The molecule has 0 amide bonds. The van der Waals surface area contributed by atoms with Crippen molar-refractivity contribution in [2.24, 2.45) is 0 Å². The number of phenols is 1. The second-order valence-corrected chi connectivity index (χ2v) is 9.14. The Balaban J connectivity index is 1.70. The van der Waals surface area contributed by atoms with Crippen molar-refractivity contribution < 1.29 is 5.11 Å². The standard InChI is InChI=1S/C28H50O/c1-2-3-4-5-6-7-8-9-10-11-12-13-14-15-16-17-18-19-20-21-23-27-24-22-25-28(29)26-27/h22,24-26,29H,2-21,23H2,1H3. The maximum atomic E-state index is 9.48. The van der Waals surface area contributed by atoms with E-state index in [0.29, 0.717) is 5.75 Å². The summed E-state index contributed by atoms with van der Waals surface area (Å²) >= 11 is 0. The zero-order valence-corrected chi connectivity index (χ0v) is 19.6. The Morgan fingerprint density at radius 1 is 0.517 bits per heavy atom. The van der Waals surface area contributed by atoms with Gasteiger partial charge in [-0.15, -0.1) is 0 Å². The van der Waals surface area contributed by atoms with Crippen molar-refractivity contribution in [3.8, 4) is 5.75 Å². The molecule has 0 aliphatic rings. The summed E-state index contributed by atoms with van der Waals surface area (Å²) in [5.41, 5.74) is 1.27. The Kier molecular flexibility index (Phi) is 18.2. The van der Waals surface area contributed by atoms with Crippen LogP contribution in [0, 0.1) is 0 Å². The van der Waals surface area contributed by atoms with Crippen LogP contribution in [-0.4, -0.2) is 5.11 Å². The summed E-state index contributed by atoms with van der Waals surface area (Å²) in [6.45, 7) is 2.30. The maximum absolute atomic E-state index is 9.48. The molecule has 0 aliphatic carbocycles. The molecule has 1 aromatic rings. The predicted octanol–water partition coefficient (Wildman–Crippen LogP) is 9.76. The Bertz CT molecular complexity index is 453. The van der Waals surface area contributed by atoms with Crippen LogP contribution in [0.2, 0.25) is 0 Å². The van der Waals surface area contributed by atoms with Crippen LogP contribution in [0.4, 0.5) is 0 Å². The molecule has 168 valence electrons. The fourth-order valence-corrected chi connectivity index (χ4v) is 4.30. The molecule has 1 nitrogen and oxygen atoms in total. The Hall–Kier alpha value is -0.980. The van der Waals surface area contributed by atoms with E-state index >= 15 is 0 Å². The maximum Gasteiger partial charge on any atom is 0.115 e. The molecule has 0 bridgehead atoms. The van der Waals surface area contributed by atoms with Gasteiger partial charge in [-0.3, -0.25) is 0 Å². The first-order valence-electron chi connectivity index (χ1n) is 13.1. The lowest BCUT2D eigenvalue weighted by molar-refractivity contribution is 0.474. The predicted molar refractivity (Wildman–Crippen MR) is 130 cm³/mol. The van der Waals surface area contributed by atoms with E-state index in [9.17, 15) is 5.11 Å². The van der Waals surface area contributed by atoms with E-state index in [1.807, 2.05) is 12.1 Å². The Labute approximate surface area is 182 Å². The van der Waals surface area contributed by atoms with Gasteiger partial charge in [-0.2, -0.15) is 0 Å². The lowest BCUT2D eigenvalue weighted by Gasteiger charge is -2.04. The molecular formula is C28H50O. The second-order valence-electron chi connectivity index (χ2n) is 9.14. The highest BCUT2D eigenvalue weighted by Gasteiger charge is 1.97. The molecule has 0 spiro atoms. The molecule has 1 rings (SSSR count). The molecule has 29 heavy (non-hydrogen) atoms. The normalized spacial score (nSPS) is 11.2. The zero-order valence-electron chi connectivity index (χ0n) is 19.6. The Morgan fingerprint density at radius 2 is 0.897 bits per heavy atom. The number of aromatic hydroxyl groups is 1. The molecule has 1 heteroatoms. The van der Waals surface area contributed by atoms with Gasteiger partial charge in [0.1, 0.15) is 5.75 Å². The zero-order chi connectivity index (χ0) is 20.8. The minimum Gasteiger partial charge on any atom is -0.508 e. The fraction of sp³-hybridized carbons (Fsp3) is 0.786. The van der Waals surface area contributed by atoms with Gasteiger partial charge in [-0.05, 0) is 30.5 Å². The molecule has 0 fully saturated rings. The van der Waals surface area contributed by atoms with Gasteiger partial charge < -0.3 is 5.11 Å². The largest absolute Gasteiger partial charge is 0.508 e. The number of hydrogen-bond acceptors (Lipinski definition) is 1. The molecule has 0 radical (unpaired) electrons. The van der Waals surface area contributed by atoms with Gasteiger partial charge in [0.25, 0.3) is 0 Å². The number of rotatable bonds is 21. The van der Waals surface area contributed by atoms with Crippen LogP contribution >= 0.6 is 0 Å². The van der Waals surface area contributed by atoms with E-state index in [1.165, 1.54) is 134 Å². The SMILES string of the molecule is CCCCCCCCCCCCCCCCCCCCCCc1cccc(O)c1. The monoisotopic (exact) mass is 402 g/mol. The molecule has 0 atom stereocenters. The number of aryl methyl sites for hydroxylation is 1. The van der Waals surface area contributed by atoms with E-state index in [4.69, 9.17) is 0 Å². The summed E-state index contributed by atoms with van der Waals surface area (Å²) in [7, 11) is 0. The third-order valence-corrected chi connectivity index (χ3v) is 6.23. The summed E-state index contributed by atoms with van der Waals surface area (Å²) < 4.78 is 0.